The number of hydrogen-bond donors (Lipinski definition) is 0. The Balaban J connectivity index is 2.54. The number of hydrogen-bond acceptors (Lipinski definition) is 0. The minimum absolute atomic E-state index is 0.265. The smallest absolute Gasteiger partial charge is 0.169 e. The molecule has 0 radical (unpaired) electrons. The molecule has 2 rings (SSSR count). The van der Waals surface area contributed by atoms with Gasteiger partial charge in [-0.2, -0.15) is 26.3 Å². The van der Waals surface area contributed by atoms with Gasteiger partial charge in [0, 0.05) is 0 Å². The van der Waals surface area contributed by atoms with Gasteiger partial charge in [-0.05, 0) is 17.7 Å². The molecular formula is C15H10F6. The van der Waals surface area contributed by atoms with E-state index in [1.54, 1.807) is 0 Å². The first kappa shape index (κ1) is 15.4. The molecule has 0 spiro atoms. The van der Waals surface area contributed by atoms with Crippen LogP contribution in [0.5, 0.6) is 0 Å². The standard InChI is InChI=1S/C15H10F6/c16-14(17,18)12-7-5-11(6-8-12)13(15(19,20)21)9-3-1-2-4-10-13/h1-10H. The summed E-state index contributed by atoms with van der Waals surface area (Å²) in [6.45, 7) is 0. The van der Waals surface area contributed by atoms with Crippen LogP contribution in [0.15, 0.2) is 60.7 Å². The van der Waals surface area contributed by atoms with Gasteiger partial charge in [-0.25, -0.2) is 0 Å². The Morgan fingerprint density at radius 3 is 1.52 bits per heavy atom. The monoisotopic (exact) mass is 304 g/mol. The molecule has 0 bridgehead atoms. The van der Waals surface area contributed by atoms with E-state index >= 15 is 0 Å². The van der Waals surface area contributed by atoms with E-state index in [4.69, 9.17) is 0 Å². The lowest BCUT2D eigenvalue weighted by molar-refractivity contribution is -0.162. The zero-order chi connectivity index (χ0) is 15.7. The van der Waals surface area contributed by atoms with E-state index in [0.29, 0.717) is 12.1 Å². The van der Waals surface area contributed by atoms with E-state index in [2.05, 4.69) is 0 Å². The van der Waals surface area contributed by atoms with Crippen LogP contribution in [-0.4, -0.2) is 6.18 Å². The summed E-state index contributed by atoms with van der Waals surface area (Å²) in [6, 6.07) is 3.03. The van der Waals surface area contributed by atoms with Gasteiger partial charge in [-0.3, -0.25) is 0 Å². The predicted molar refractivity (Wildman–Crippen MR) is 66.6 cm³/mol. The summed E-state index contributed by atoms with van der Waals surface area (Å²) in [5.41, 5.74) is -3.68. The molecule has 21 heavy (non-hydrogen) atoms. The van der Waals surface area contributed by atoms with Crippen LogP contribution >= 0.6 is 0 Å². The first-order chi connectivity index (χ1) is 9.67. The predicted octanol–water partition coefficient (Wildman–Crippen LogP) is 5.19. The van der Waals surface area contributed by atoms with E-state index in [1.807, 2.05) is 0 Å². The summed E-state index contributed by atoms with van der Waals surface area (Å²) >= 11 is 0. The summed E-state index contributed by atoms with van der Waals surface area (Å²) in [6.07, 6.45) is -2.09. The highest BCUT2D eigenvalue weighted by Gasteiger charge is 2.52. The second-order valence-electron chi connectivity index (χ2n) is 4.55. The van der Waals surface area contributed by atoms with Gasteiger partial charge in [0.15, 0.2) is 0 Å². The summed E-state index contributed by atoms with van der Waals surface area (Å²) in [5.74, 6) is 0. The second-order valence-corrected chi connectivity index (χ2v) is 4.55. The van der Waals surface area contributed by atoms with Crippen molar-refractivity contribution in [2.45, 2.75) is 17.8 Å². The molecule has 0 heterocycles. The van der Waals surface area contributed by atoms with Crippen LogP contribution in [0, 0.1) is 0 Å². The highest BCUT2D eigenvalue weighted by atomic mass is 19.4. The Bertz CT molecular complexity index is 568. The average Bonchev–Trinajstić information content (AvgIpc) is 2.63. The largest absolute Gasteiger partial charge is 0.416 e. The van der Waals surface area contributed by atoms with E-state index in [1.165, 1.54) is 24.3 Å². The van der Waals surface area contributed by atoms with Crippen LogP contribution in [0.4, 0.5) is 26.3 Å². The summed E-state index contributed by atoms with van der Waals surface area (Å²) in [5, 5.41) is 0. The third-order valence-corrected chi connectivity index (χ3v) is 3.21. The van der Waals surface area contributed by atoms with Crippen LogP contribution in [0.3, 0.4) is 0 Å². The molecule has 0 saturated carbocycles. The summed E-state index contributed by atoms with van der Waals surface area (Å²) in [7, 11) is 0. The lowest BCUT2D eigenvalue weighted by atomic mass is 9.79. The van der Waals surface area contributed by atoms with Gasteiger partial charge in [-0.15, -0.1) is 0 Å². The molecule has 6 heteroatoms. The van der Waals surface area contributed by atoms with E-state index in [-0.39, 0.29) is 5.56 Å². The van der Waals surface area contributed by atoms with Gasteiger partial charge in [0.2, 0.25) is 0 Å². The lowest BCUT2D eigenvalue weighted by Crippen LogP contribution is -2.38. The van der Waals surface area contributed by atoms with Gasteiger partial charge in [0.1, 0.15) is 5.41 Å². The van der Waals surface area contributed by atoms with Crippen LogP contribution < -0.4 is 0 Å². The highest BCUT2D eigenvalue weighted by molar-refractivity contribution is 5.44. The molecule has 1 aromatic carbocycles. The van der Waals surface area contributed by atoms with Crippen molar-refractivity contribution < 1.29 is 26.3 Å². The number of rotatable bonds is 1. The molecule has 0 N–H and O–H groups in total. The molecule has 1 aromatic rings. The van der Waals surface area contributed by atoms with Crippen molar-refractivity contribution in [1.29, 1.82) is 0 Å². The molecule has 0 atom stereocenters. The first-order valence-electron chi connectivity index (χ1n) is 5.95. The maximum Gasteiger partial charge on any atom is 0.416 e. The zero-order valence-electron chi connectivity index (χ0n) is 10.5. The van der Waals surface area contributed by atoms with Crippen LogP contribution in [0.2, 0.25) is 0 Å². The van der Waals surface area contributed by atoms with Crippen molar-refractivity contribution >= 4 is 0 Å². The summed E-state index contributed by atoms with van der Waals surface area (Å²) in [4.78, 5) is 0. The molecule has 1 aliphatic carbocycles. The fourth-order valence-corrected chi connectivity index (χ4v) is 2.08. The van der Waals surface area contributed by atoms with Crippen molar-refractivity contribution in [3.8, 4) is 0 Å². The SMILES string of the molecule is FC(F)(F)c1ccc(C2(C(F)(F)F)C=CC=CC=C2)cc1. The van der Waals surface area contributed by atoms with Crippen molar-refractivity contribution in [2.75, 3.05) is 0 Å². The molecular weight excluding hydrogens is 294 g/mol. The highest BCUT2D eigenvalue weighted by Crippen LogP contribution is 2.45. The Labute approximate surface area is 117 Å². The fraction of sp³-hybridized carbons (Fsp3) is 0.200. The number of halogens is 6. The van der Waals surface area contributed by atoms with Crippen LogP contribution in [-0.2, 0) is 11.6 Å². The van der Waals surface area contributed by atoms with Crippen molar-refractivity contribution in [1.82, 2.24) is 0 Å². The lowest BCUT2D eigenvalue weighted by Gasteiger charge is -2.30. The molecule has 0 amide bonds. The Morgan fingerprint density at radius 1 is 0.667 bits per heavy atom. The first-order valence-corrected chi connectivity index (χ1v) is 5.95. The minimum Gasteiger partial charge on any atom is -0.169 e. The van der Waals surface area contributed by atoms with Crippen molar-refractivity contribution in [2.24, 2.45) is 0 Å². The Morgan fingerprint density at radius 2 is 1.14 bits per heavy atom. The Hall–Kier alpha value is -1.98. The molecule has 0 aromatic heterocycles. The molecule has 0 saturated heterocycles. The molecule has 1 aliphatic rings. The number of allylic oxidation sites excluding steroid dienone is 6. The number of benzene rings is 1. The second kappa shape index (κ2) is 5.09. The maximum atomic E-state index is 13.4. The number of alkyl halides is 6. The third-order valence-electron chi connectivity index (χ3n) is 3.21. The van der Waals surface area contributed by atoms with Crippen molar-refractivity contribution in [3.63, 3.8) is 0 Å². The fourth-order valence-electron chi connectivity index (χ4n) is 2.08. The third kappa shape index (κ3) is 2.89. The molecule has 0 unspecified atom stereocenters. The maximum absolute atomic E-state index is 13.4. The van der Waals surface area contributed by atoms with Gasteiger partial charge < -0.3 is 0 Å². The minimum atomic E-state index is -4.66. The average molecular weight is 304 g/mol. The molecule has 0 nitrogen and oxygen atoms in total. The molecule has 0 aliphatic heterocycles. The van der Waals surface area contributed by atoms with Gasteiger partial charge >= 0.3 is 12.4 Å². The van der Waals surface area contributed by atoms with Crippen LogP contribution in [0.25, 0.3) is 0 Å². The van der Waals surface area contributed by atoms with Gasteiger partial charge in [0.05, 0.1) is 5.56 Å². The molecule has 0 fully saturated rings. The summed E-state index contributed by atoms with van der Waals surface area (Å²) < 4.78 is 77.8. The quantitative estimate of drug-likeness (QED) is 0.627. The zero-order valence-corrected chi connectivity index (χ0v) is 10.5. The molecule has 112 valence electrons. The van der Waals surface area contributed by atoms with Crippen LogP contribution in [0.1, 0.15) is 11.1 Å². The Kier molecular flexibility index (Phi) is 3.74. The van der Waals surface area contributed by atoms with Gasteiger partial charge in [0.25, 0.3) is 0 Å². The van der Waals surface area contributed by atoms with Crippen molar-refractivity contribution in [3.05, 3.63) is 71.8 Å². The van der Waals surface area contributed by atoms with Gasteiger partial charge in [-0.1, -0.05) is 48.6 Å². The van der Waals surface area contributed by atoms with E-state index < -0.39 is 23.3 Å². The normalized spacial score (nSPS) is 17.8. The van der Waals surface area contributed by atoms with E-state index in [0.717, 1.165) is 24.3 Å². The topological polar surface area (TPSA) is 0 Å². The van der Waals surface area contributed by atoms with E-state index in [9.17, 15) is 26.3 Å².